The lowest BCUT2D eigenvalue weighted by Gasteiger charge is -2.42. The first-order valence-electron chi connectivity index (χ1n) is 10.0. The third-order valence-electron chi connectivity index (χ3n) is 5.14. The average molecular weight is 422 g/mol. The Kier molecular flexibility index (Phi) is 6.39. The lowest BCUT2D eigenvalue weighted by molar-refractivity contribution is -0.385. The maximum Gasteiger partial charge on any atom is 0.310 e. The second kappa shape index (κ2) is 8.99. The molecule has 1 aliphatic heterocycles. The van der Waals surface area contributed by atoms with Gasteiger partial charge in [0.25, 0.3) is 5.91 Å². The van der Waals surface area contributed by atoms with Gasteiger partial charge in [0.05, 0.1) is 16.7 Å². The summed E-state index contributed by atoms with van der Waals surface area (Å²) in [5, 5.41) is 15.0. The normalized spacial score (nSPS) is 14.7. The van der Waals surface area contributed by atoms with Crippen molar-refractivity contribution in [3.63, 3.8) is 0 Å². The molecule has 1 N–H and O–H groups in total. The van der Waals surface area contributed by atoms with E-state index in [1.165, 1.54) is 29.5 Å². The molecule has 0 fully saturated rings. The summed E-state index contributed by atoms with van der Waals surface area (Å²) in [6.07, 6.45) is 3.81. The van der Waals surface area contributed by atoms with Crippen molar-refractivity contribution in [3.8, 4) is 5.75 Å². The zero-order valence-corrected chi connectivity index (χ0v) is 18.1. The van der Waals surface area contributed by atoms with E-state index in [1.807, 2.05) is 12.1 Å². The molecule has 1 aliphatic rings. The summed E-state index contributed by atoms with van der Waals surface area (Å²) in [4.78, 5) is 24.8. The molecule has 0 saturated heterocycles. The maximum atomic E-state index is 12.0. The van der Waals surface area contributed by atoms with Gasteiger partial charge in [0, 0.05) is 23.9 Å². The van der Waals surface area contributed by atoms with Gasteiger partial charge < -0.3 is 9.64 Å². The van der Waals surface area contributed by atoms with Gasteiger partial charge in [-0.15, -0.1) is 0 Å². The minimum atomic E-state index is -0.557. The largest absolute Gasteiger partial charge is 0.477 e. The first-order valence-corrected chi connectivity index (χ1v) is 10.0. The molecule has 0 unspecified atom stereocenters. The molecular weight excluding hydrogens is 396 g/mol. The molecule has 162 valence electrons. The van der Waals surface area contributed by atoms with Crippen molar-refractivity contribution in [2.24, 2.45) is 5.10 Å². The van der Waals surface area contributed by atoms with Crippen LogP contribution in [0.5, 0.6) is 5.75 Å². The number of benzene rings is 2. The Morgan fingerprint density at radius 2 is 2.03 bits per heavy atom. The molecule has 0 spiro atoms. The molecule has 8 heteroatoms. The standard InChI is InChI=1S/C23H26N4O4/c1-5-26-19-11-10-17(12-18(19)16(2)13-23(26,3)4)14-24-25-22(28)15-31-21-9-7-6-8-20(21)27(29)30/h6-14H,5,15H2,1-4H3,(H,25,28)/b24-14-. The average Bonchev–Trinajstić information content (AvgIpc) is 2.72. The van der Waals surface area contributed by atoms with E-state index in [-0.39, 0.29) is 23.6 Å². The van der Waals surface area contributed by atoms with Crippen LogP contribution in [0.3, 0.4) is 0 Å². The fraction of sp³-hybridized carbons (Fsp3) is 0.304. The van der Waals surface area contributed by atoms with Crippen LogP contribution in [0, 0.1) is 10.1 Å². The number of rotatable bonds is 7. The summed E-state index contributed by atoms with van der Waals surface area (Å²) < 4.78 is 5.25. The monoisotopic (exact) mass is 422 g/mol. The number of carbonyl (C=O) groups excluding carboxylic acids is 1. The number of para-hydroxylation sites is 2. The lowest BCUT2D eigenvalue weighted by Crippen LogP contribution is -2.44. The number of anilines is 1. The summed E-state index contributed by atoms with van der Waals surface area (Å²) in [5.74, 6) is -0.477. The second-order valence-corrected chi connectivity index (χ2v) is 7.81. The van der Waals surface area contributed by atoms with Crippen molar-refractivity contribution >= 4 is 29.1 Å². The summed E-state index contributed by atoms with van der Waals surface area (Å²) in [6.45, 7) is 9.13. The first kappa shape index (κ1) is 22.0. The van der Waals surface area contributed by atoms with Crippen molar-refractivity contribution in [2.45, 2.75) is 33.2 Å². The molecule has 2 aromatic carbocycles. The summed E-state index contributed by atoms with van der Waals surface area (Å²) >= 11 is 0. The van der Waals surface area contributed by atoms with Crippen molar-refractivity contribution in [3.05, 3.63) is 69.8 Å². The van der Waals surface area contributed by atoms with E-state index in [9.17, 15) is 14.9 Å². The Morgan fingerprint density at radius 1 is 1.29 bits per heavy atom. The van der Waals surface area contributed by atoms with Gasteiger partial charge in [-0.05, 0) is 57.0 Å². The molecule has 0 bridgehead atoms. The number of amides is 1. The lowest BCUT2D eigenvalue weighted by atomic mass is 9.88. The number of nitro benzene ring substituents is 1. The highest BCUT2D eigenvalue weighted by molar-refractivity contribution is 5.88. The molecular formula is C23H26N4O4. The van der Waals surface area contributed by atoms with Crippen molar-refractivity contribution in [2.75, 3.05) is 18.1 Å². The Bertz CT molecular complexity index is 1060. The van der Waals surface area contributed by atoms with E-state index in [0.29, 0.717) is 0 Å². The van der Waals surface area contributed by atoms with Crippen LogP contribution in [0.25, 0.3) is 5.57 Å². The number of fused-ring (bicyclic) bond motifs is 1. The van der Waals surface area contributed by atoms with Gasteiger partial charge in [-0.3, -0.25) is 14.9 Å². The summed E-state index contributed by atoms with van der Waals surface area (Å²) in [5.41, 5.74) is 6.49. The fourth-order valence-electron chi connectivity index (χ4n) is 3.84. The van der Waals surface area contributed by atoms with E-state index in [0.717, 1.165) is 17.7 Å². The molecule has 1 heterocycles. The van der Waals surface area contributed by atoms with Gasteiger partial charge in [0.2, 0.25) is 0 Å². The number of hydrogen-bond acceptors (Lipinski definition) is 6. The third-order valence-corrected chi connectivity index (χ3v) is 5.14. The summed E-state index contributed by atoms with van der Waals surface area (Å²) in [6, 6.07) is 12.0. The molecule has 0 aromatic heterocycles. The van der Waals surface area contributed by atoms with Crippen LogP contribution in [0.1, 0.15) is 38.8 Å². The maximum absolute atomic E-state index is 12.0. The Morgan fingerprint density at radius 3 is 2.74 bits per heavy atom. The quantitative estimate of drug-likeness (QED) is 0.411. The number of allylic oxidation sites excluding steroid dienone is 1. The van der Waals surface area contributed by atoms with Gasteiger partial charge in [-0.1, -0.05) is 24.3 Å². The number of ether oxygens (including phenoxy) is 1. The van der Waals surface area contributed by atoms with Gasteiger partial charge >= 0.3 is 5.69 Å². The minimum Gasteiger partial charge on any atom is -0.477 e. The van der Waals surface area contributed by atoms with Crippen LogP contribution in [-0.4, -0.2) is 35.7 Å². The van der Waals surface area contributed by atoms with Crippen molar-refractivity contribution in [1.82, 2.24) is 5.43 Å². The Hall–Kier alpha value is -3.68. The minimum absolute atomic E-state index is 0.0342. The first-order chi connectivity index (χ1) is 14.7. The number of nitrogens with zero attached hydrogens (tertiary/aromatic N) is 3. The van der Waals surface area contributed by atoms with Crippen LogP contribution < -0.4 is 15.1 Å². The molecule has 3 rings (SSSR count). The molecule has 31 heavy (non-hydrogen) atoms. The van der Waals surface area contributed by atoms with E-state index < -0.39 is 10.8 Å². The number of nitro groups is 1. The molecule has 1 amide bonds. The molecule has 0 aliphatic carbocycles. The van der Waals surface area contributed by atoms with E-state index in [4.69, 9.17) is 4.74 Å². The summed E-state index contributed by atoms with van der Waals surface area (Å²) in [7, 11) is 0. The Balaban J connectivity index is 1.64. The number of nitrogens with one attached hydrogen (secondary N) is 1. The van der Waals surface area contributed by atoms with Gasteiger partial charge in [0.15, 0.2) is 12.4 Å². The highest BCUT2D eigenvalue weighted by Gasteiger charge is 2.29. The fourth-order valence-corrected chi connectivity index (χ4v) is 3.84. The number of carbonyl (C=O) groups is 1. The van der Waals surface area contributed by atoms with E-state index in [1.54, 1.807) is 12.3 Å². The molecule has 2 aromatic rings. The van der Waals surface area contributed by atoms with Gasteiger partial charge in [-0.2, -0.15) is 5.10 Å². The smallest absolute Gasteiger partial charge is 0.310 e. The van der Waals surface area contributed by atoms with Gasteiger partial charge in [-0.25, -0.2) is 5.43 Å². The van der Waals surface area contributed by atoms with Crippen LogP contribution >= 0.6 is 0 Å². The van der Waals surface area contributed by atoms with Crippen LogP contribution in [0.2, 0.25) is 0 Å². The van der Waals surface area contributed by atoms with Crippen LogP contribution in [-0.2, 0) is 4.79 Å². The topological polar surface area (TPSA) is 97.1 Å². The van der Waals surface area contributed by atoms with Crippen molar-refractivity contribution in [1.29, 1.82) is 0 Å². The number of hydrazone groups is 1. The van der Waals surface area contributed by atoms with Crippen molar-refractivity contribution < 1.29 is 14.5 Å². The third kappa shape index (κ3) is 4.91. The molecule has 0 saturated carbocycles. The second-order valence-electron chi connectivity index (χ2n) is 7.81. The molecule has 0 radical (unpaired) electrons. The number of hydrogen-bond donors (Lipinski definition) is 1. The Labute approximate surface area is 181 Å². The predicted molar refractivity (Wildman–Crippen MR) is 122 cm³/mol. The van der Waals surface area contributed by atoms with E-state index in [2.05, 4.69) is 55.3 Å². The zero-order valence-electron chi connectivity index (χ0n) is 18.1. The highest BCUT2D eigenvalue weighted by Crippen LogP contribution is 2.38. The van der Waals surface area contributed by atoms with E-state index >= 15 is 0 Å². The van der Waals surface area contributed by atoms with Crippen LogP contribution in [0.15, 0.2) is 53.6 Å². The molecule has 0 atom stereocenters. The number of likely N-dealkylation sites (N-methyl/N-ethyl adjacent to an activating group) is 1. The predicted octanol–water partition coefficient (Wildman–Crippen LogP) is 4.15. The zero-order chi connectivity index (χ0) is 22.6. The SMILES string of the molecule is CCN1c2ccc(/C=N\NC(=O)COc3ccccc3[N+](=O)[O-])cc2C(C)=CC1(C)C. The highest BCUT2D eigenvalue weighted by atomic mass is 16.6. The van der Waals surface area contributed by atoms with Crippen LogP contribution in [0.4, 0.5) is 11.4 Å². The van der Waals surface area contributed by atoms with Gasteiger partial charge in [0.1, 0.15) is 0 Å². The molecule has 8 nitrogen and oxygen atoms in total.